The maximum absolute atomic E-state index is 5.76. The van der Waals surface area contributed by atoms with Crippen LogP contribution in [0.5, 0.6) is 11.5 Å². The van der Waals surface area contributed by atoms with Gasteiger partial charge in [0.2, 0.25) is 5.28 Å². The molecule has 0 unspecified atom stereocenters. The van der Waals surface area contributed by atoms with E-state index in [1.54, 1.807) is 14.2 Å². The zero-order valence-corrected chi connectivity index (χ0v) is 11.4. The molecule has 0 aliphatic heterocycles. The van der Waals surface area contributed by atoms with E-state index >= 15 is 0 Å². The molecule has 0 atom stereocenters. The summed E-state index contributed by atoms with van der Waals surface area (Å²) in [5.74, 6) is 1.95. The second kappa shape index (κ2) is 6.24. The van der Waals surface area contributed by atoms with Crippen LogP contribution in [0.4, 0.5) is 5.82 Å². The Morgan fingerprint density at radius 2 is 1.89 bits per heavy atom. The Balaban J connectivity index is 2.07. The van der Waals surface area contributed by atoms with Crippen LogP contribution < -0.4 is 14.8 Å². The zero-order valence-electron chi connectivity index (χ0n) is 10.7. The van der Waals surface area contributed by atoms with Crippen molar-refractivity contribution < 1.29 is 9.47 Å². The molecule has 2 aromatic rings. The number of anilines is 1. The smallest absolute Gasteiger partial charge is 0.224 e. The SMILES string of the molecule is COc1ccc(CNc2nc(Cl)ncc2OC)cc1. The Bertz CT molecular complexity index is 546. The van der Waals surface area contributed by atoms with Gasteiger partial charge in [-0.05, 0) is 29.3 Å². The number of nitrogens with one attached hydrogen (secondary N) is 1. The summed E-state index contributed by atoms with van der Waals surface area (Å²) in [5.41, 5.74) is 1.09. The Morgan fingerprint density at radius 3 is 2.53 bits per heavy atom. The summed E-state index contributed by atoms with van der Waals surface area (Å²) < 4.78 is 10.3. The van der Waals surface area contributed by atoms with Crippen LogP contribution in [0.1, 0.15) is 5.56 Å². The lowest BCUT2D eigenvalue weighted by atomic mass is 10.2. The normalized spacial score (nSPS) is 10.1. The minimum Gasteiger partial charge on any atom is -0.497 e. The molecule has 5 nitrogen and oxygen atoms in total. The number of benzene rings is 1. The van der Waals surface area contributed by atoms with Crippen LogP contribution in [0.25, 0.3) is 0 Å². The first-order chi connectivity index (χ1) is 9.22. The molecule has 100 valence electrons. The molecule has 0 aliphatic carbocycles. The second-order valence-corrected chi connectivity index (χ2v) is 4.10. The molecule has 1 N–H and O–H groups in total. The highest BCUT2D eigenvalue weighted by Crippen LogP contribution is 2.22. The first-order valence-corrected chi connectivity index (χ1v) is 6.04. The topological polar surface area (TPSA) is 56.3 Å². The van der Waals surface area contributed by atoms with Crippen molar-refractivity contribution in [2.45, 2.75) is 6.54 Å². The predicted molar refractivity (Wildman–Crippen MR) is 73.9 cm³/mol. The Kier molecular flexibility index (Phi) is 4.41. The summed E-state index contributed by atoms with van der Waals surface area (Å²) in [5, 5.41) is 3.34. The quantitative estimate of drug-likeness (QED) is 0.853. The molecule has 0 fully saturated rings. The van der Waals surface area contributed by atoms with Crippen LogP contribution >= 0.6 is 11.6 Å². The number of hydrogen-bond donors (Lipinski definition) is 1. The van der Waals surface area contributed by atoms with E-state index in [1.165, 1.54) is 6.20 Å². The zero-order chi connectivity index (χ0) is 13.7. The maximum atomic E-state index is 5.76. The third kappa shape index (κ3) is 3.48. The molecule has 0 spiro atoms. The number of halogens is 1. The van der Waals surface area contributed by atoms with Crippen molar-refractivity contribution in [1.82, 2.24) is 9.97 Å². The average Bonchev–Trinajstić information content (AvgIpc) is 2.46. The van der Waals surface area contributed by atoms with Gasteiger partial charge in [-0.25, -0.2) is 4.98 Å². The van der Waals surface area contributed by atoms with Gasteiger partial charge in [0.1, 0.15) is 5.75 Å². The molecular weight excluding hydrogens is 266 g/mol. The number of rotatable bonds is 5. The highest BCUT2D eigenvalue weighted by molar-refractivity contribution is 6.28. The Morgan fingerprint density at radius 1 is 1.16 bits per heavy atom. The van der Waals surface area contributed by atoms with E-state index in [1.807, 2.05) is 24.3 Å². The van der Waals surface area contributed by atoms with E-state index in [-0.39, 0.29) is 5.28 Å². The number of nitrogens with zero attached hydrogens (tertiary/aromatic N) is 2. The van der Waals surface area contributed by atoms with Crippen LogP contribution in [0.2, 0.25) is 5.28 Å². The minimum atomic E-state index is 0.179. The number of hydrogen-bond acceptors (Lipinski definition) is 5. The van der Waals surface area contributed by atoms with Crippen molar-refractivity contribution >= 4 is 17.4 Å². The fourth-order valence-corrected chi connectivity index (χ4v) is 1.69. The average molecular weight is 280 g/mol. The first-order valence-electron chi connectivity index (χ1n) is 5.66. The van der Waals surface area contributed by atoms with Crippen molar-refractivity contribution in [2.75, 3.05) is 19.5 Å². The molecule has 1 heterocycles. The molecule has 1 aromatic carbocycles. The maximum Gasteiger partial charge on any atom is 0.224 e. The van der Waals surface area contributed by atoms with Crippen molar-refractivity contribution in [2.24, 2.45) is 0 Å². The molecule has 6 heteroatoms. The molecule has 0 saturated heterocycles. The van der Waals surface area contributed by atoms with Crippen molar-refractivity contribution in [1.29, 1.82) is 0 Å². The summed E-state index contributed by atoms with van der Waals surface area (Å²) >= 11 is 5.76. The lowest BCUT2D eigenvalue weighted by Gasteiger charge is -2.10. The van der Waals surface area contributed by atoms with Crippen LogP contribution in [0.15, 0.2) is 30.5 Å². The Hall–Kier alpha value is -2.01. The summed E-state index contributed by atoms with van der Waals surface area (Å²) in [6, 6.07) is 7.75. The minimum absolute atomic E-state index is 0.179. The molecule has 0 aliphatic rings. The molecule has 0 bridgehead atoms. The van der Waals surface area contributed by atoms with Gasteiger partial charge in [0.25, 0.3) is 0 Å². The summed E-state index contributed by atoms with van der Waals surface area (Å²) in [7, 11) is 3.20. The predicted octanol–water partition coefficient (Wildman–Crippen LogP) is 2.76. The largest absolute Gasteiger partial charge is 0.497 e. The number of aromatic nitrogens is 2. The lowest BCUT2D eigenvalue weighted by molar-refractivity contribution is 0.412. The van der Waals surface area contributed by atoms with Crippen LogP contribution in [0.3, 0.4) is 0 Å². The van der Waals surface area contributed by atoms with E-state index in [0.29, 0.717) is 18.1 Å². The van der Waals surface area contributed by atoms with E-state index in [4.69, 9.17) is 21.1 Å². The van der Waals surface area contributed by atoms with E-state index < -0.39 is 0 Å². The van der Waals surface area contributed by atoms with Crippen LogP contribution in [0, 0.1) is 0 Å². The summed E-state index contributed by atoms with van der Waals surface area (Å²) in [6.45, 7) is 0.605. The van der Waals surface area contributed by atoms with Gasteiger partial charge in [-0.3, -0.25) is 0 Å². The molecule has 2 rings (SSSR count). The number of methoxy groups -OCH3 is 2. The third-order valence-corrected chi connectivity index (χ3v) is 2.75. The van der Waals surface area contributed by atoms with Gasteiger partial charge < -0.3 is 14.8 Å². The Labute approximate surface area is 116 Å². The molecule has 0 amide bonds. The van der Waals surface area contributed by atoms with E-state index in [2.05, 4.69) is 15.3 Å². The third-order valence-electron chi connectivity index (χ3n) is 2.56. The van der Waals surface area contributed by atoms with Gasteiger partial charge in [0, 0.05) is 6.54 Å². The fourth-order valence-electron chi connectivity index (χ4n) is 1.55. The highest BCUT2D eigenvalue weighted by atomic mass is 35.5. The monoisotopic (exact) mass is 279 g/mol. The molecule has 0 radical (unpaired) electrons. The van der Waals surface area contributed by atoms with E-state index in [9.17, 15) is 0 Å². The molecule has 19 heavy (non-hydrogen) atoms. The van der Waals surface area contributed by atoms with Gasteiger partial charge in [0.15, 0.2) is 11.6 Å². The summed E-state index contributed by atoms with van der Waals surface area (Å²) in [4.78, 5) is 7.95. The van der Waals surface area contributed by atoms with Crippen molar-refractivity contribution in [3.05, 3.63) is 41.3 Å². The van der Waals surface area contributed by atoms with Gasteiger partial charge in [-0.1, -0.05) is 12.1 Å². The number of ether oxygens (including phenoxy) is 2. The molecule has 0 saturated carbocycles. The van der Waals surface area contributed by atoms with Crippen molar-refractivity contribution in [3.63, 3.8) is 0 Å². The van der Waals surface area contributed by atoms with Crippen LogP contribution in [-0.4, -0.2) is 24.2 Å². The van der Waals surface area contributed by atoms with Crippen LogP contribution in [-0.2, 0) is 6.54 Å². The van der Waals surface area contributed by atoms with Crippen molar-refractivity contribution in [3.8, 4) is 11.5 Å². The molecular formula is C13H14ClN3O2. The lowest BCUT2D eigenvalue weighted by Crippen LogP contribution is -2.04. The van der Waals surface area contributed by atoms with Gasteiger partial charge in [-0.15, -0.1) is 0 Å². The van der Waals surface area contributed by atoms with Gasteiger partial charge in [-0.2, -0.15) is 4.98 Å². The molecule has 1 aromatic heterocycles. The highest BCUT2D eigenvalue weighted by Gasteiger charge is 2.06. The van der Waals surface area contributed by atoms with Gasteiger partial charge >= 0.3 is 0 Å². The fraction of sp³-hybridized carbons (Fsp3) is 0.231. The standard InChI is InChI=1S/C13H14ClN3O2/c1-18-10-5-3-9(4-6-10)7-15-12-11(19-2)8-16-13(14)17-12/h3-6,8H,7H2,1-2H3,(H,15,16,17). The second-order valence-electron chi connectivity index (χ2n) is 3.76. The van der Waals surface area contributed by atoms with E-state index in [0.717, 1.165) is 11.3 Å². The first kappa shape index (κ1) is 13.4. The summed E-state index contributed by atoms with van der Waals surface area (Å²) in [6.07, 6.45) is 1.53. The van der Waals surface area contributed by atoms with Gasteiger partial charge in [0.05, 0.1) is 20.4 Å².